The number of ketones is 1. The molecule has 0 radical (unpaired) electrons. The van der Waals surface area contributed by atoms with Gasteiger partial charge in [0, 0.05) is 12.8 Å². The maximum absolute atomic E-state index is 11.2. The molecule has 104 valence electrons. The second-order valence-electron chi connectivity index (χ2n) is 6.05. The van der Waals surface area contributed by atoms with Crippen LogP contribution in [0.15, 0.2) is 0 Å². The number of hydrogen-bond acceptors (Lipinski definition) is 2. The van der Waals surface area contributed by atoms with Crippen molar-refractivity contribution in [2.24, 2.45) is 0 Å². The van der Waals surface area contributed by atoms with Crippen LogP contribution in [0.2, 0.25) is 0 Å². The summed E-state index contributed by atoms with van der Waals surface area (Å²) in [5, 5.41) is 0. The standard InChI is InChI=1S/C16H28O2/c17-14-10-12-16(13-11-14)18-15-8-6-4-2-1-3-5-7-9-15/h15-16H,1-13H2. The molecule has 0 saturated heterocycles. The van der Waals surface area contributed by atoms with Crippen LogP contribution < -0.4 is 0 Å². The van der Waals surface area contributed by atoms with Crippen molar-refractivity contribution in [3.8, 4) is 0 Å². The van der Waals surface area contributed by atoms with Crippen molar-refractivity contribution in [3.63, 3.8) is 0 Å². The Labute approximate surface area is 111 Å². The highest BCUT2D eigenvalue weighted by Gasteiger charge is 2.22. The molecule has 0 aromatic carbocycles. The van der Waals surface area contributed by atoms with Gasteiger partial charge in [0.25, 0.3) is 0 Å². The molecule has 0 spiro atoms. The highest BCUT2D eigenvalue weighted by molar-refractivity contribution is 5.79. The Morgan fingerprint density at radius 1 is 0.667 bits per heavy atom. The fraction of sp³-hybridized carbons (Fsp3) is 0.938. The summed E-state index contributed by atoms with van der Waals surface area (Å²) < 4.78 is 6.26. The molecule has 0 heterocycles. The van der Waals surface area contributed by atoms with Crippen molar-refractivity contribution in [1.29, 1.82) is 0 Å². The molecule has 0 unspecified atom stereocenters. The predicted molar refractivity (Wildman–Crippen MR) is 73.7 cm³/mol. The summed E-state index contributed by atoms with van der Waals surface area (Å²) in [5.74, 6) is 0.431. The molecule has 0 N–H and O–H groups in total. The van der Waals surface area contributed by atoms with Gasteiger partial charge in [0.2, 0.25) is 0 Å². The minimum Gasteiger partial charge on any atom is -0.375 e. The molecule has 0 bridgehead atoms. The van der Waals surface area contributed by atoms with E-state index in [1.165, 1.54) is 57.8 Å². The van der Waals surface area contributed by atoms with Gasteiger partial charge in [0.05, 0.1) is 12.2 Å². The molecule has 2 nitrogen and oxygen atoms in total. The maximum atomic E-state index is 11.2. The van der Waals surface area contributed by atoms with E-state index in [1.54, 1.807) is 0 Å². The predicted octanol–water partition coefficient (Wildman–Crippen LogP) is 4.41. The smallest absolute Gasteiger partial charge is 0.133 e. The van der Waals surface area contributed by atoms with Gasteiger partial charge in [0.1, 0.15) is 5.78 Å². The molecular weight excluding hydrogens is 224 g/mol. The molecule has 18 heavy (non-hydrogen) atoms. The van der Waals surface area contributed by atoms with E-state index in [2.05, 4.69) is 0 Å². The van der Waals surface area contributed by atoms with Gasteiger partial charge in [-0.2, -0.15) is 0 Å². The minimum atomic E-state index is 0.371. The third-order valence-corrected chi connectivity index (χ3v) is 4.43. The van der Waals surface area contributed by atoms with Crippen LogP contribution in [0, 0.1) is 0 Å². The summed E-state index contributed by atoms with van der Waals surface area (Å²) in [5.41, 5.74) is 0. The Morgan fingerprint density at radius 2 is 1.11 bits per heavy atom. The molecule has 2 aliphatic rings. The molecular formula is C16H28O2. The molecule has 2 heteroatoms. The van der Waals surface area contributed by atoms with E-state index < -0.39 is 0 Å². The average Bonchev–Trinajstić information content (AvgIpc) is 2.40. The number of Topliss-reactive ketones (excluding diaryl/α,β-unsaturated/α-hetero) is 1. The summed E-state index contributed by atoms with van der Waals surface area (Å²) >= 11 is 0. The van der Waals surface area contributed by atoms with Gasteiger partial charge in [-0.15, -0.1) is 0 Å². The van der Waals surface area contributed by atoms with Gasteiger partial charge in [-0.3, -0.25) is 4.79 Å². The van der Waals surface area contributed by atoms with E-state index >= 15 is 0 Å². The monoisotopic (exact) mass is 252 g/mol. The van der Waals surface area contributed by atoms with Crippen LogP contribution >= 0.6 is 0 Å². The first-order valence-electron chi connectivity index (χ1n) is 8.02. The lowest BCUT2D eigenvalue weighted by atomic mass is 9.95. The van der Waals surface area contributed by atoms with E-state index in [4.69, 9.17) is 4.74 Å². The molecule has 0 aromatic rings. The van der Waals surface area contributed by atoms with E-state index in [-0.39, 0.29) is 0 Å². The Morgan fingerprint density at radius 3 is 1.67 bits per heavy atom. The van der Waals surface area contributed by atoms with Crippen LogP contribution in [0.4, 0.5) is 0 Å². The molecule has 2 fully saturated rings. The molecule has 0 aromatic heterocycles. The highest BCUT2D eigenvalue weighted by atomic mass is 16.5. The second-order valence-corrected chi connectivity index (χ2v) is 6.05. The summed E-state index contributed by atoms with van der Waals surface area (Å²) in [6.45, 7) is 0. The number of carbonyl (C=O) groups excluding carboxylic acids is 1. The van der Waals surface area contributed by atoms with Crippen molar-refractivity contribution < 1.29 is 9.53 Å². The first kappa shape index (κ1) is 14.0. The van der Waals surface area contributed by atoms with E-state index in [0.29, 0.717) is 18.0 Å². The molecule has 2 aliphatic carbocycles. The fourth-order valence-corrected chi connectivity index (χ4v) is 3.23. The largest absolute Gasteiger partial charge is 0.375 e. The van der Waals surface area contributed by atoms with Crippen molar-refractivity contribution >= 4 is 5.78 Å². The quantitative estimate of drug-likeness (QED) is 0.727. The van der Waals surface area contributed by atoms with Gasteiger partial charge < -0.3 is 4.74 Å². The Kier molecular flexibility index (Phi) is 6.19. The van der Waals surface area contributed by atoms with Crippen LogP contribution in [0.1, 0.15) is 83.5 Å². The minimum absolute atomic E-state index is 0.371. The van der Waals surface area contributed by atoms with Crippen LogP contribution in [0.3, 0.4) is 0 Å². The molecule has 0 atom stereocenters. The Balaban J connectivity index is 1.72. The first-order valence-corrected chi connectivity index (χ1v) is 8.02. The van der Waals surface area contributed by atoms with E-state index in [1.807, 2.05) is 0 Å². The Bertz CT molecular complexity index is 229. The third kappa shape index (κ3) is 5.09. The SMILES string of the molecule is O=C1CCC(OC2CCCCCCCCC2)CC1. The molecule has 0 aliphatic heterocycles. The van der Waals surface area contributed by atoms with E-state index in [9.17, 15) is 4.79 Å². The van der Waals surface area contributed by atoms with Gasteiger partial charge in [0.15, 0.2) is 0 Å². The third-order valence-electron chi connectivity index (χ3n) is 4.43. The molecule has 2 saturated carbocycles. The summed E-state index contributed by atoms with van der Waals surface area (Å²) in [6, 6.07) is 0. The lowest BCUT2D eigenvalue weighted by Gasteiger charge is -2.28. The van der Waals surface area contributed by atoms with Gasteiger partial charge in [-0.25, -0.2) is 0 Å². The zero-order chi connectivity index (χ0) is 12.6. The summed E-state index contributed by atoms with van der Waals surface area (Å²) in [4.78, 5) is 11.2. The number of carbonyl (C=O) groups is 1. The summed E-state index contributed by atoms with van der Waals surface area (Å²) in [7, 11) is 0. The fourth-order valence-electron chi connectivity index (χ4n) is 3.23. The van der Waals surface area contributed by atoms with Crippen molar-refractivity contribution in [1.82, 2.24) is 0 Å². The average molecular weight is 252 g/mol. The molecule has 2 rings (SSSR count). The van der Waals surface area contributed by atoms with Crippen LogP contribution in [-0.2, 0) is 9.53 Å². The normalized spacial score (nSPS) is 26.1. The Hall–Kier alpha value is -0.370. The van der Waals surface area contributed by atoms with Crippen LogP contribution in [0.5, 0.6) is 0 Å². The van der Waals surface area contributed by atoms with Gasteiger partial charge >= 0.3 is 0 Å². The second kappa shape index (κ2) is 7.93. The van der Waals surface area contributed by atoms with E-state index in [0.717, 1.165) is 25.7 Å². The highest BCUT2D eigenvalue weighted by Crippen LogP contribution is 2.24. The van der Waals surface area contributed by atoms with Crippen LogP contribution in [-0.4, -0.2) is 18.0 Å². The first-order chi connectivity index (χ1) is 8.84. The van der Waals surface area contributed by atoms with Crippen LogP contribution in [0.25, 0.3) is 0 Å². The summed E-state index contributed by atoms with van der Waals surface area (Å²) in [6.07, 6.45) is 16.4. The zero-order valence-corrected chi connectivity index (χ0v) is 11.7. The molecule has 0 amide bonds. The lowest BCUT2D eigenvalue weighted by molar-refractivity contribution is -0.124. The number of rotatable bonds is 2. The number of hydrogen-bond donors (Lipinski definition) is 0. The zero-order valence-electron chi connectivity index (χ0n) is 11.7. The number of ether oxygens (including phenoxy) is 1. The topological polar surface area (TPSA) is 26.3 Å². The van der Waals surface area contributed by atoms with Crippen molar-refractivity contribution in [3.05, 3.63) is 0 Å². The van der Waals surface area contributed by atoms with Crippen molar-refractivity contribution in [2.75, 3.05) is 0 Å². The van der Waals surface area contributed by atoms with Gasteiger partial charge in [-0.1, -0.05) is 44.9 Å². The maximum Gasteiger partial charge on any atom is 0.133 e. The van der Waals surface area contributed by atoms with Gasteiger partial charge in [-0.05, 0) is 25.7 Å². The van der Waals surface area contributed by atoms with Crippen molar-refractivity contribution in [2.45, 2.75) is 95.7 Å². The lowest BCUT2D eigenvalue weighted by Crippen LogP contribution is -2.27.